The standard InChI is InChI=1S/C18H11ClF3N3O/c19-12-7-8-15-14(11-12)17(18(20,21)22,25-16(26)24-15)9-3-1-5-13-6-2-4-10-23-13/h1-2,4-8,10-11H,(H2,24,25,26)/b5-1+/t17-/m0/s1. The molecule has 1 aromatic heterocycles. The summed E-state index contributed by atoms with van der Waals surface area (Å²) in [6.07, 6.45) is -0.599. The third kappa shape index (κ3) is 3.37. The summed E-state index contributed by atoms with van der Waals surface area (Å²) in [4.78, 5) is 15.8. The van der Waals surface area contributed by atoms with Crippen molar-refractivity contribution >= 4 is 29.4 Å². The number of amides is 2. The summed E-state index contributed by atoms with van der Waals surface area (Å²) in [6.45, 7) is 0. The number of benzene rings is 1. The number of nitrogens with zero attached hydrogens (tertiary/aromatic N) is 1. The zero-order chi connectivity index (χ0) is 18.8. The lowest BCUT2D eigenvalue weighted by Gasteiger charge is -2.37. The summed E-state index contributed by atoms with van der Waals surface area (Å²) in [5.41, 5.74) is -2.60. The molecule has 0 fully saturated rings. The van der Waals surface area contributed by atoms with E-state index in [9.17, 15) is 18.0 Å². The number of carbonyl (C=O) groups excluding carboxylic acids is 1. The first-order valence-electron chi connectivity index (χ1n) is 7.38. The Bertz CT molecular complexity index is 932. The van der Waals surface area contributed by atoms with E-state index in [0.717, 1.165) is 6.07 Å². The monoisotopic (exact) mass is 377 g/mol. The van der Waals surface area contributed by atoms with Crippen LogP contribution < -0.4 is 10.6 Å². The van der Waals surface area contributed by atoms with E-state index in [-0.39, 0.29) is 16.3 Å². The minimum absolute atomic E-state index is 0.00141. The van der Waals surface area contributed by atoms with Gasteiger partial charge >= 0.3 is 12.2 Å². The van der Waals surface area contributed by atoms with Crippen LogP contribution in [0, 0.1) is 11.8 Å². The molecule has 2 amide bonds. The number of anilines is 1. The van der Waals surface area contributed by atoms with Gasteiger partial charge in [-0.25, -0.2) is 4.79 Å². The zero-order valence-corrected chi connectivity index (χ0v) is 13.8. The quantitative estimate of drug-likeness (QED) is 0.726. The molecule has 26 heavy (non-hydrogen) atoms. The normalized spacial score (nSPS) is 19.2. The average Bonchev–Trinajstić information content (AvgIpc) is 2.59. The molecule has 0 spiro atoms. The van der Waals surface area contributed by atoms with Crippen molar-refractivity contribution in [1.29, 1.82) is 0 Å². The van der Waals surface area contributed by atoms with Gasteiger partial charge in [-0.2, -0.15) is 13.2 Å². The van der Waals surface area contributed by atoms with Crippen LogP contribution in [0.4, 0.5) is 23.7 Å². The Kier molecular flexibility index (Phi) is 4.62. The summed E-state index contributed by atoms with van der Waals surface area (Å²) < 4.78 is 41.7. The number of nitrogens with one attached hydrogen (secondary N) is 2. The molecule has 2 aromatic rings. The molecule has 0 saturated carbocycles. The lowest BCUT2D eigenvalue weighted by molar-refractivity contribution is -0.178. The van der Waals surface area contributed by atoms with Crippen molar-refractivity contribution in [3.63, 3.8) is 0 Å². The van der Waals surface area contributed by atoms with Crippen molar-refractivity contribution in [2.24, 2.45) is 0 Å². The number of hydrogen-bond acceptors (Lipinski definition) is 2. The van der Waals surface area contributed by atoms with Crippen LogP contribution >= 0.6 is 11.6 Å². The van der Waals surface area contributed by atoms with E-state index >= 15 is 0 Å². The molecule has 0 unspecified atom stereocenters. The Hall–Kier alpha value is -2.98. The number of halogens is 4. The maximum Gasteiger partial charge on any atom is 0.427 e. The molecule has 0 saturated heterocycles. The van der Waals surface area contributed by atoms with Crippen molar-refractivity contribution in [3.05, 3.63) is 65.0 Å². The molecule has 8 heteroatoms. The highest BCUT2D eigenvalue weighted by atomic mass is 35.5. The van der Waals surface area contributed by atoms with E-state index in [2.05, 4.69) is 22.1 Å². The van der Waals surface area contributed by atoms with Gasteiger partial charge in [-0.05, 0) is 42.5 Å². The van der Waals surface area contributed by atoms with E-state index in [1.807, 2.05) is 5.32 Å². The van der Waals surface area contributed by atoms with Gasteiger partial charge in [0.2, 0.25) is 5.54 Å². The summed E-state index contributed by atoms with van der Waals surface area (Å²) in [6, 6.07) is 7.96. The van der Waals surface area contributed by atoms with E-state index < -0.39 is 17.7 Å². The van der Waals surface area contributed by atoms with Crippen LogP contribution in [0.3, 0.4) is 0 Å². The summed E-state index contributed by atoms with van der Waals surface area (Å²) >= 11 is 5.85. The van der Waals surface area contributed by atoms with Gasteiger partial charge < -0.3 is 10.6 Å². The second-order valence-electron chi connectivity index (χ2n) is 5.37. The maximum atomic E-state index is 13.9. The van der Waals surface area contributed by atoms with E-state index in [0.29, 0.717) is 5.69 Å². The number of pyridine rings is 1. The van der Waals surface area contributed by atoms with Gasteiger partial charge in [0.1, 0.15) is 0 Å². The average molecular weight is 378 g/mol. The molecule has 0 bridgehead atoms. The van der Waals surface area contributed by atoms with Gasteiger partial charge in [-0.3, -0.25) is 4.98 Å². The number of hydrogen-bond donors (Lipinski definition) is 2. The molecule has 2 heterocycles. The topological polar surface area (TPSA) is 54.0 Å². The summed E-state index contributed by atoms with van der Waals surface area (Å²) in [5.74, 6) is 4.49. The second kappa shape index (κ2) is 6.73. The number of carbonyl (C=O) groups is 1. The number of allylic oxidation sites excluding steroid dienone is 1. The zero-order valence-electron chi connectivity index (χ0n) is 13.1. The Balaban J connectivity index is 2.08. The van der Waals surface area contributed by atoms with Crippen LogP contribution in [0.15, 0.2) is 48.7 Å². The first kappa shape index (κ1) is 17.8. The van der Waals surface area contributed by atoms with E-state index in [4.69, 9.17) is 11.6 Å². The SMILES string of the molecule is O=C1Nc2ccc(Cl)cc2[C@@](C#C/C=C/c2ccccn2)(C(F)(F)F)N1. The molecule has 1 aliphatic rings. The minimum atomic E-state index is -4.87. The van der Waals surface area contributed by atoms with Crippen molar-refractivity contribution < 1.29 is 18.0 Å². The van der Waals surface area contributed by atoms with Crippen LogP contribution in [0.5, 0.6) is 0 Å². The molecule has 1 atom stereocenters. The third-order valence-corrected chi connectivity index (χ3v) is 3.88. The fourth-order valence-corrected chi connectivity index (χ4v) is 2.64. The van der Waals surface area contributed by atoms with Crippen LogP contribution in [0.25, 0.3) is 6.08 Å². The lowest BCUT2D eigenvalue weighted by atomic mass is 9.86. The van der Waals surface area contributed by atoms with Crippen molar-refractivity contribution in [2.45, 2.75) is 11.7 Å². The van der Waals surface area contributed by atoms with Crippen LogP contribution in [-0.4, -0.2) is 17.2 Å². The molecule has 132 valence electrons. The molecular weight excluding hydrogens is 367 g/mol. The van der Waals surface area contributed by atoms with Crippen LogP contribution in [0.2, 0.25) is 5.02 Å². The minimum Gasteiger partial charge on any atom is -0.310 e. The fourth-order valence-electron chi connectivity index (χ4n) is 2.47. The highest BCUT2D eigenvalue weighted by molar-refractivity contribution is 6.30. The van der Waals surface area contributed by atoms with Gasteiger partial charge in [0.05, 0.1) is 5.69 Å². The molecule has 4 nitrogen and oxygen atoms in total. The van der Waals surface area contributed by atoms with Crippen molar-refractivity contribution in [3.8, 4) is 11.8 Å². The number of fused-ring (bicyclic) bond motifs is 1. The van der Waals surface area contributed by atoms with E-state index in [1.165, 1.54) is 24.3 Å². The largest absolute Gasteiger partial charge is 0.427 e. The first-order chi connectivity index (χ1) is 12.3. The number of aromatic nitrogens is 1. The van der Waals surface area contributed by atoms with Crippen LogP contribution in [-0.2, 0) is 5.54 Å². The molecule has 1 aromatic carbocycles. The van der Waals surface area contributed by atoms with Crippen molar-refractivity contribution in [2.75, 3.05) is 5.32 Å². The van der Waals surface area contributed by atoms with Gasteiger partial charge in [0, 0.05) is 22.5 Å². The molecule has 2 N–H and O–H groups in total. The first-order valence-corrected chi connectivity index (χ1v) is 7.76. The van der Waals surface area contributed by atoms with Gasteiger partial charge in [0.15, 0.2) is 0 Å². The maximum absolute atomic E-state index is 13.9. The third-order valence-electron chi connectivity index (χ3n) is 3.64. The van der Waals surface area contributed by atoms with E-state index in [1.54, 1.807) is 24.4 Å². The Labute approximate surface area is 152 Å². The summed E-state index contributed by atoms with van der Waals surface area (Å²) in [7, 11) is 0. The number of urea groups is 1. The number of alkyl halides is 3. The van der Waals surface area contributed by atoms with Gasteiger partial charge in [-0.1, -0.05) is 29.5 Å². The second-order valence-corrected chi connectivity index (χ2v) is 5.81. The Morgan fingerprint density at radius 2 is 2.04 bits per heavy atom. The lowest BCUT2D eigenvalue weighted by Crippen LogP contribution is -2.59. The highest BCUT2D eigenvalue weighted by Crippen LogP contribution is 2.44. The Morgan fingerprint density at radius 3 is 2.73 bits per heavy atom. The van der Waals surface area contributed by atoms with Gasteiger partial charge in [0.25, 0.3) is 0 Å². The smallest absolute Gasteiger partial charge is 0.310 e. The van der Waals surface area contributed by atoms with Crippen molar-refractivity contribution in [1.82, 2.24) is 10.3 Å². The molecule has 0 aliphatic carbocycles. The highest BCUT2D eigenvalue weighted by Gasteiger charge is 2.59. The molecular formula is C18H11ClF3N3O. The molecule has 1 aliphatic heterocycles. The Morgan fingerprint density at radius 1 is 1.23 bits per heavy atom. The number of rotatable bonds is 1. The fraction of sp³-hybridized carbons (Fsp3) is 0.111. The predicted octanol–water partition coefficient (Wildman–Crippen LogP) is 4.34. The predicted molar refractivity (Wildman–Crippen MR) is 92.4 cm³/mol. The van der Waals surface area contributed by atoms with Crippen LogP contribution in [0.1, 0.15) is 11.3 Å². The van der Waals surface area contributed by atoms with Gasteiger partial charge in [-0.15, -0.1) is 0 Å². The molecule has 0 radical (unpaired) electrons. The summed E-state index contributed by atoms with van der Waals surface area (Å²) in [5, 5.41) is 4.32. The molecule has 3 rings (SSSR count).